The zero-order valence-electron chi connectivity index (χ0n) is 13.7. The Kier molecular flexibility index (Phi) is 5.74. The van der Waals surface area contributed by atoms with E-state index in [4.69, 9.17) is 9.47 Å². The Labute approximate surface area is 136 Å². The second-order valence-corrected chi connectivity index (χ2v) is 5.29. The maximum Gasteiger partial charge on any atom is 0.310 e. The zero-order valence-corrected chi connectivity index (χ0v) is 13.7. The molecule has 0 bridgehead atoms. The van der Waals surface area contributed by atoms with E-state index in [1.54, 1.807) is 32.0 Å². The highest BCUT2D eigenvalue weighted by Crippen LogP contribution is 2.26. The highest BCUT2D eigenvalue weighted by molar-refractivity contribution is 5.72. The first-order valence-corrected chi connectivity index (χ1v) is 7.75. The summed E-state index contributed by atoms with van der Waals surface area (Å²) in [5.74, 6) is 0.410. The Hall–Kier alpha value is -2.36. The van der Waals surface area contributed by atoms with Gasteiger partial charge in [0.05, 0.1) is 0 Å². The molecule has 0 unspecified atom stereocenters. The molecule has 0 aliphatic rings. The monoisotopic (exact) mass is 316 g/mol. The molecular weight excluding hydrogens is 295 g/mol. The number of hydrogen-bond acceptors (Lipinski definition) is 3. The van der Waals surface area contributed by atoms with Crippen LogP contribution in [-0.4, -0.2) is 5.97 Å². The van der Waals surface area contributed by atoms with Crippen LogP contribution in [0.3, 0.4) is 0 Å². The first kappa shape index (κ1) is 17.0. The highest BCUT2D eigenvalue weighted by Gasteiger charge is 2.11. The SMILES string of the molecule is CCC(=O)Oc1ccccc1COc1cc(F)c(C)cc1CC. The largest absolute Gasteiger partial charge is 0.488 e. The lowest BCUT2D eigenvalue weighted by Crippen LogP contribution is -2.08. The van der Waals surface area contributed by atoms with Gasteiger partial charge in [-0.25, -0.2) is 4.39 Å². The summed E-state index contributed by atoms with van der Waals surface area (Å²) in [6.07, 6.45) is 1.06. The van der Waals surface area contributed by atoms with Crippen LogP contribution in [-0.2, 0) is 17.8 Å². The number of rotatable bonds is 6. The van der Waals surface area contributed by atoms with E-state index < -0.39 is 0 Å². The van der Waals surface area contributed by atoms with E-state index in [-0.39, 0.29) is 18.4 Å². The first-order valence-electron chi connectivity index (χ1n) is 7.75. The lowest BCUT2D eigenvalue weighted by Gasteiger charge is -2.14. The molecule has 0 fully saturated rings. The minimum absolute atomic E-state index is 0.211. The Morgan fingerprint density at radius 1 is 1.09 bits per heavy atom. The number of carbonyl (C=O) groups excluding carboxylic acids is 1. The van der Waals surface area contributed by atoms with E-state index in [9.17, 15) is 9.18 Å². The second kappa shape index (κ2) is 7.77. The number of esters is 1. The van der Waals surface area contributed by atoms with Crippen molar-refractivity contribution in [3.8, 4) is 11.5 Å². The molecule has 2 aromatic rings. The van der Waals surface area contributed by atoms with Crippen molar-refractivity contribution in [1.29, 1.82) is 0 Å². The molecule has 0 radical (unpaired) electrons. The number of hydrogen-bond donors (Lipinski definition) is 0. The van der Waals surface area contributed by atoms with Crippen LogP contribution in [0.25, 0.3) is 0 Å². The standard InChI is InChI=1S/C19H21FO3/c1-4-14-10-13(3)16(20)11-18(14)22-12-15-8-6-7-9-17(15)23-19(21)5-2/h6-11H,4-5,12H2,1-3H3. The van der Waals surface area contributed by atoms with Gasteiger partial charge in [0.25, 0.3) is 0 Å². The summed E-state index contributed by atoms with van der Waals surface area (Å²) in [5.41, 5.74) is 2.30. The molecule has 0 spiro atoms. The van der Waals surface area contributed by atoms with E-state index in [0.717, 1.165) is 17.5 Å². The van der Waals surface area contributed by atoms with Crippen molar-refractivity contribution < 1.29 is 18.7 Å². The normalized spacial score (nSPS) is 10.4. The maximum atomic E-state index is 13.8. The van der Waals surface area contributed by atoms with Gasteiger partial charge in [-0.1, -0.05) is 32.0 Å². The Balaban J connectivity index is 2.18. The van der Waals surface area contributed by atoms with Gasteiger partial charge < -0.3 is 9.47 Å². The number of para-hydroxylation sites is 1. The average Bonchev–Trinajstić information content (AvgIpc) is 2.56. The summed E-state index contributed by atoms with van der Waals surface area (Å²) in [5, 5.41) is 0. The van der Waals surface area contributed by atoms with Crippen LogP contribution in [0.5, 0.6) is 11.5 Å². The van der Waals surface area contributed by atoms with Gasteiger partial charge in [-0.15, -0.1) is 0 Å². The third kappa shape index (κ3) is 4.31. The number of aryl methyl sites for hydroxylation is 2. The summed E-state index contributed by atoms with van der Waals surface area (Å²) < 4.78 is 24.8. The van der Waals surface area contributed by atoms with Gasteiger partial charge in [-0.3, -0.25) is 4.79 Å². The van der Waals surface area contributed by atoms with E-state index >= 15 is 0 Å². The molecule has 0 aliphatic carbocycles. The Morgan fingerprint density at radius 2 is 1.83 bits per heavy atom. The summed E-state index contributed by atoms with van der Waals surface area (Å²) in [4.78, 5) is 11.5. The Morgan fingerprint density at radius 3 is 2.52 bits per heavy atom. The van der Waals surface area contributed by atoms with Crippen molar-refractivity contribution >= 4 is 5.97 Å². The molecule has 2 rings (SSSR count). The van der Waals surface area contributed by atoms with Crippen molar-refractivity contribution in [2.75, 3.05) is 0 Å². The predicted octanol–water partition coefficient (Wildman–Crippen LogP) is 4.59. The van der Waals surface area contributed by atoms with Gasteiger partial charge in [0, 0.05) is 18.1 Å². The predicted molar refractivity (Wildman–Crippen MR) is 87.2 cm³/mol. The molecule has 0 heterocycles. The van der Waals surface area contributed by atoms with Gasteiger partial charge in [0.2, 0.25) is 0 Å². The summed E-state index contributed by atoms with van der Waals surface area (Å²) >= 11 is 0. The fraction of sp³-hybridized carbons (Fsp3) is 0.316. The van der Waals surface area contributed by atoms with Crippen LogP contribution in [0.2, 0.25) is 0 Å². The molecule has 0 N–H and O–H groups in total. The van der Waals surface area contributed by atoms with Crippen LogP contribution >= 0.6 is 0 Å². The molecule has 2 aromatic carbocycles. The van der Waals surface area contributed by atoms with E-state index in [2.05, 4.69) is 0 Å². The van der Waals surface area contributed by atoms with Crippen molar-refractivity contribution in [2.45, 2.75) is 40.2 Å². The smallest absolute Gasteiger partial charge is 0.310 e. The molecular formula is C19H21FO3. The highest BCUT2D eigenvalue weighted by atomic mass is 19.1. The fourth-order valence-electron chi connectivity index (χ4n) is 2.21. The van der Waals surface area contributed by atoms with E-state index in [1.807, 2.05) is 19.1 Å². The van der Waals surface area contributed by atoms with E-state index in [0.29, 0.717) is 23.5 Å². The Bertz CT molecular complexity index is 695. The number of carbonyl (C=O) groups is 1. The van der Waals surface area contributed by atoms with Crippen molar-refractivity contribution in [3.05, 3.63) is 58.9 Å². The van der Waals surface area contributed by atoms with Gasteiger partial charge in [0.1, 0.15) is 23.9 Å². The molecule has 122 valence electrons. The summed E-state index contributed by atoms with van der Waals surface area (Å²) in [7, 11) is 0. The number of benzene rings is 2. The third-order valence-corrected chi connectivity index (χ3v) is 3.59. The molecule has 0 aliphatic heterocycles. The van der Waals surface area contributed by atoms with Crippen molar-refractivity contribution in [2.24, 2.45) is 0 Å². The van der Waals surface area contributed by atoms with Crippen LogP contribution in [0.1, 0.15) is 37.0 Å². The summed E-state index contributed by atoms with van der Waals surface area (Å²) in [6, 6.07) is 10.4. The zero-order chi connectivity index (χ0) is 16.8. The molecule has 4 heteroatoms. The molecule has 0 saturated carbocycles. The van der Waals surface area contributed by atoms with Crippen LogP contribution < -0.4 is 9.47 Å². The lowest BCUT2D eigenvalue weighted by molar-refractivity contribution is -0.134. The third-order valence-electron chi connectivity index (χ3n) is 3.59. The van der Waals surface area contributed by atoms with Crippen molar-refractivity contribution in [3.63, 3.8) is 0 Å². The van der Waals surface area contributed by atoms with E-state index in [1.165, 1.54) is 6.07 Å². The molecule has 3 nitrogen and oxygen atoms in total. The average molecular weight is 316 g/mol. The minimum Gasteiger partial charge on any atom is -0.488 e. The van der Waals surface area contributed by atoms with Crippen molar-refractivity contribution in [1.82, 2.24) is 0 Å². The van der Waals surface area contributed by atoms with Crippen LogP contribution in [0.15, 0.2) is 36.4 Å². The molecule has 0 atom stereocenters. The topological polar surface area (TPSA) is 35.5 Å². The second-order valence-electron chi connectivity index (χ2n) is 5.29. The van der Waals surface area contributed by atoms with Crippen LogP contribution in [0.4, 0.5) is 4.39 Å². The van der Waals surface area contributed by atoms with Gasteiger partial charge >= 0.3 is 5.97 Å². The van der Waals surface area contributed by atoms with Crippen LogP contribution in [0, 0.1) is 12.7 Å². The first-order chi connectivity index (χ1) is 11.0. The summed E-state index contributed by atoms with van der Waals surface area (Å²) in [6.45, 7) is 5.68. The number of halogens is 1. The molecule has 0 amide bonds. The molecule has 0 aromatic heterocycles. The maximum absolute atomic E-state index is 13.8. The van der Waals surface area contributed by atoms with Gasteiger partial charge in [0.15, 0.2) is 0 Å². The number of ether oxygens (including phenoxy) is 2. The lowest BCUT2D eigenvalue weighted by atomic mass is 10.1. The quantitative estimate of drug-likeness (QED) is 0.577. The van der Waals surface area contributed by atoms with Gasteiger partial charge in [-0.05, 0) is 36.6 Å². The molecule has 0 saturated heterocycles. The fourth-order valence-corrected chi connectivity index (χ4v) is 2.21. The van der Waals surface area contributed by atoms with Gasteiger partial charge in [-0.2, -0.15) is 0 Å². The minimum atomic E-state index is -0.298. The molecule has 23 heavy (non-hydrogen) atoms.